The summed E-state index contributed by atoms with van der Waals surface area (Å²) >= 11 is 1.87. The molecule has 0 aromatic carbocycles. The van der Waals surface area contributed by atoms with Gasteiger partial charge in [0, 0.05) is 25.4 Å². The van der Waals surface area contributed by atoms with Crippen LogP contribution in [0.25, 0.3) is 5.69 Å². The van der Waals surface area contributed by atoms with E-state index in [1.165, 1.54) is 17.8 Å². The Balaban J connectivity index is 2.48. The fourth-order valence-corrected chi connectivity index (χ4v) is 2.23. The number of aromatic nitrogens is 3. The zero-order chi connectivity index (χ0) is 14.9. The van der Waals surface area contributed by atoms with Gasteiger partial charge in [-0.05, 0) is 35.1 Å². The second kappa shape index (κ2) is 5.57. The summed E-state index contributed by atoms with van der Waals surface area (Å²) in [5.74, 6) is -0.872. The Hall–Kier alpha value is -1.97. The lowest BCUT2D eigenvalue weighted by atomic mass is 10.2. The number of nitrogens with zero attached hydrogens (tertiary/aromatic N) is 3. The number of anilines is 1. The van der Waals surface area contributed by atoms with Gasteiger partial charge in [-0.3, -0.25) is 4.79 Å². The van der Waals surface area contributed by atoms with Crippen molar-refractivity contribution in [2.45, 2.75) is 13.8 Å². The lowest BCUT2D eigenvalue weighted by molar-refractivity contribution is -0.114. The molecule has 20 heavy (non-hydrogen) atoms. The Morgan fingerprint density at radius 1 is 1.45 bits per heavy atom. The Bertz CT molecular complexity index is 696. The Morgan fingerprint density at radius 3 is 2.70 bits per heavy atom. The van der Waals surface area contributed by atoms with E-state index in [2.05, 4.69) is 15.4 Å². The molecule has 0 radical (unpaired) electrons. The number of aryl methyl sites for hydroxylation is 1. The highest BCUT2D eigenvalue weighted by atomic mass is 127. The van der Waals surface area contributed by atoms with Gasteiger partial charge in [0.05, 0.1) is 5.69 Å². The van der Waals surface area contributed by atoms with Crippen molar-refractivity contribution < 1.29 is 14.7 Å². The molecule has 2 N–H and O–H groups in total. The molecule has 0 aliphatic carbocycles. The molecule has 0 bridgehead atoms. The van der Waals surface area contributed by atoms with E-state index >= 15 is 0 Å². The summed E-state index contributed by atoms with van der Waals surface area (Å²) in [5.41, 5.74) is 1.60. The quantitative estimate of drug-likeness (QED) is 0.785. The number of carbonyl (C=O) groups excluding carboxylic acids is 1. The molecule has 0 unspecified atom stereocenters. The van der Waals surface area contributed by atoms with Crippen molar-refractivity contribution in [1.82, 2.24) is 14.8 Å². The van der Waals surface area contributed by atoms with Crippen LogP contribution >= 0.6 is 22.6 Å². The molecular formula is C12H11IN4O3. The summed E-state index contributed by atoms with van der Waals surface area (Å²) in [6.07, 6.45) is 3.03. The highest BCUT2D eigenvalue weighted by Gasteiger charge is 2.15. The van der Waals surface area contributed by atoms with Crippen molar-refractivity contribution in [2.24, 2.45) is 0 Å². The summed E-state index contributed by atoms with van der Waals surface area (Å²) in [4.78, 5) is 26.2. The fourth-order valence-electron chi connectivity index (χ4n) is 1.63. The maximum atomic E-state index is 11.0. The molecule has 8 heteroatoms. The Morgan fingerprint density at radius 2 is 2.15 bits per heavy atom. The van der Waals surface area contributed by atoms with Crippen LogP contribution in [0.5, 0.6) is 0 Å². The van der Waals surface area contributed by atoms with E-state index in [1.807, 2.05) is 29.5 Å². The number of amides is 1. The van der Waals surface area contributed by atoms with E-state index in [4.69, 9.17) is 5.11 Å². The second-order valence-corrected chi connectivity index (χ2v) is 5.14. The third-order valence-electron chi connectivity index (χ3n) is 2.53. The molecule has 0 atom stereocenters. The molecule has 0 saturated carbocycles. The molecule has 2 aromatic heterocycles. The largest absolute Gasteiger partial charge is 0.478 e. The highest BCUT2D eigenvalue weighted by Crippen LogP contribution is 2.19. The number of carboxylic acid groups (broad SMARTS) is 1. The molecule has 2 rings (SSSR count). The van der Waals surface area contributed by atoms with Gasteiger partial charge in [-0.2, -0.15) is 5.10 Å². The molecule has 1 amide bonds. The monoisotopic (exact) mass is 386 g/mol. The highest BCUT2D eigenvalue weighted by molar-refractivity contribution is 14.1. The fraction of sp³-hybridized carbons (Fsp3) is 0.167. The van der Waals surface area contributed by atoms with Crippen molar-refractivity contribution in [1.29, 1.82) is 0 Å². The van der Waals surface area contributed by atoms with Crippen LogP contribution in [0.1, 0.15) is 22.8 Å². The summed E-state index contributed by atoms with van der Waals surface area (Å²) < 4.78 is 1.86. The maximum Gasteiger partial charge on any atom is 0.340 e. The summed E-state index contributed by atoms with van der Waals surface area (Å²) in [6, 6.07) is 1.64. The van der Waals surface area contributed by atoms with Crippen LogP contribution in [0.4, 0.5) is 5.82 Å². The van der Waals surface area contributed by atoms with Crippen LogP contribution < -0.4 is 5.32 Å². The van der Waals surface area contributed by atoms with Crippen LogP contribution in [0.3, 0.4) is 0 Å². The van der Waals surface area contributed by atoms with Gasteiger partial charge in [0.1, 0.15) is 15.1 Å². The number of nitrogens with one attached hydrogen (secondary N) is 1. The number of aromatic carboxylic acids is 1. The smallest absolute Gasteiger partial charge is 0.340 e. The molecule has 2 heterocycles. The van der Waals surface area contributed by atoms with Gasteiger partial charge in [-0.1, -0.05) is 0 Å². The molecule has 0 aliphatic rings. The zero-order valence-corrected chi connectivity index (χ0v) is 12.9. The van der Waals surface area contributed by atoms with Crippen molar-refractivity contribution in [3.63, 3.8) is 0 Å². The average molecular weight is 386 g/mol. The molecule has 7 nitrogen and oxygen atoms in total. The predicted molar refractivity (Wildman–Crippen MR) is 80.1 cm³/mol. The van der Waals surface area contributed by atoms with Gasteiger partial charge in [-0.25, -0.2) is 14.5 Å². The number of carboxylic acids is 1. The van der Waals surface area contributed by atoms with E-state index in [9.17, 15) is 9.59 Å². The summed E-state index contributed by atoms with van der Waals surface area (Å²) in [5, 5.41) is 15.8. The third kappa shape index (κ3) is 2.95. The zero-order valence-electron chi connectivity index (χ0n) is 10.7. The molecule has 104 valence electrons. The van der Waals surface area contributed by atoms with E-state index in [0.717, 1.165) is 5.56 Å². The third-order valence-corrected chi connectivity index (χ3v) is 3.32. The first-order valence-corrected chi connectivity index (χ1v) is 6.69. The van der Waals surface area contributed by atoms with E-state index < -0.39 is 5.97 Å². The Labute approximate surface area is 128 Å². The maximum absolute atomic E-state index is 11.0. The van der Waals surface area contributed by atoms with Crippen molar-refractivity contribution in [3.05, 3.63) is 33.3 Å². The molecule has 0 spiro atoms. The number of pyridine rings is 1. The lowest BCUT2D eigenvalue weighted by Gasteiger charge is -2.08. The van der Waals surface area contributed by atoms with Crippen LogP contribution in [0.2, 0.25) is 0 Å². The van der Waals surface area contributed by atoms with Gasteiger partial charge in [0.25, 0.3) is 0 Å². The first-order chi connectivity index (χ1) is 9.38. The van der Waals surface area contributed by atoms with Crippen molar-refractivity contribution in [3.8, 4) is 5.69 Å². The van der Waals surface area contributed by atoms with E-state index in [1.54, 1.807) is 12.3 Å². The minimum absolute atomic E-state index is 0.128. The normalized spacial score (nSPS) is 10.3. The van der Waals surface area contributed by atoms with Crippen molar-refractivity contribution >= 4 is 40.3 Å². The molecule has 0 aliphatic heterocycles. The van der Waals surface area contributed by atoms with Crippen LogP contribution in [0.15, 0.2) is 18.5 Å². The summed E-state index contributed by atoms with van der Waals surface area (Å²) in [7, 11) is 0. The first kappa shape index (κ1) is 14.4. The standard InChI is InChI=1S/C12H11IN4O3/c1-6-4-14-10(15-7(2)18)3-9(6)17-5-8(12(19)20)11(13)16-17/h3-5H,1-2H3,(H,19,20)(H,14,15,18). The van der Waals surface area contributed by atoms with Gasteiger partial charge in [0.15, 0.2) is 0 Å². The number of hydrogen-bond donors (Lipinski definition) is 2. The molecule has 0 saturated heterocycles. The van der Waals surface area contributed by atoms with Gasteiger partial charge in [0.2, 0.25) is 5.91 Å². The number of hydrogen-bond acceptors (Lipinski definition) is 4. The second-order valence-electron chi connectivity index (χ2n) is 4.12. The molecule has 2 aromatic rings. The first-order valence-electron chi connectivity index (χ1n) is 5.61. The molecule has 0 fully saturated rings. The van der Waals surface area contributed by atoms with Gasteiger partial charge < -0.3 is 10.4 Å². The lowest BCUT2D eigenvalue weighted by Crippen LogP contribution is -2.09. The van der Waals surface area contributed by atoms with Gasteiger partial charge >= 0.3 is 5.97 Å². The van der Waals surface area contributed by atoms with Crippen molar-refractivity contribution in [2.75, 3.05) is 5.32 Å². The van der Waals surface area contributed by atoms with E-state index in [-0.39, 0.29) is 11.5 Å². The number of rotatable bonds is 3. The van der Waals surface area contributed by atoms with Crippen LogP contribution in [-0.2, 0) is 4.79 Å². The predicted octanol–water partition coefficient (Wildman–Crippen LogP) is 1.84. The minimum atomic E-state index is -1.03. The minimum Gasteiger partial charge on any atom is -0.478 e. The van der Waals surface area contributed by atoms with Crippen LogP contribution in [-0.4, -0.2) is 31.7 Å². The van der Waals surface area contributed by atoms with Crippen LogP contribution in [0, 0.1) is 10.6 Å². The summed E-state index contributed by atoms with van der Waals surface area (Å²) in [6.45, 7) is 3.22. The number of carbonyl (C=O) groups is 2. The Kier molecular flexibility index (Phi) is 4.02. The van der Waals surface area contributed by atoms with Gasteiger partial charge in [-0.15, -0.1) is 0 Å². The number of halogens is 1. The SMILES string of the molecule is CC(=O)Nc1cc(-n2cc(C(=O)O)c(I)n2)c(C)cn1. The topological polar surface area (TPSA) is 97.1 Å². The average Bonchev–Trinajstić information content (AvgIpc) is 2.73. The molecular weight excluding hydrogens is 375 g/mol. The van der Waals surface area contributed by atoms with E-state index in [0.29, 0.717) is 15.2 Å².